The standard InChI is InChI=1S/C73H43N11O/c1-3-20-44(21-4-1)52-42-53(79-72(78-52)45-22-5-2-6-23-45)63-68(81-55-30-13-8-25-48(55)65-58(81)33-17-38-75-65)70(82-56-31-14-9-26-49(56)66-59(82)34-18-39-76-66)64(73-80-51-28-11-16-36-62(51)85-73)71(83-57-32-15-10-27-50(57)67-60(83)35-19-40-77-67)69(63)84-54-29-12-7-24-46(54)47-37-41-74-43-61(47)84/h1-43H. The molecule has 0 aliphatic rings. The van der Waals surface area contributed by atoms with E-state index in [0.717, 1.165) is 133 Å². The largest absolute Gasteiger partial charge is 0.436 e. The molecular formula is C73H43N11O. The summed E-state index contributed by atoms with van der Waals surface area (Å²) in [5.74, 6) is 0.940. The van der Waals surface area contributed by atoms with Crippen LogP contribution in [0.2, 0.25) is 0 Å². The van der Waals surface area contributed by atoms with Gasteiger partial charge >= 0.3 is 0 Å². The average Bonchev–Trinajstić information content (AvgIpc) is 1.69. The number of para-hydroxylation sites is 6. The molecule has 12 nitrogen and oxygen atoms in total. The molecule has 396 valence electrons. The Morgan fingerprint density at radius 2 is 0.729 bits per heavy atom. The van der Waals surface area contributed by atoms with Crippen LogP contribution in [0, 0.1) is 0 Å². The van der Waals surface area contributed by atoms with Crippen LogP contribution in [0.3, 0.4) is 0 Å². The first-order valence-corrected chi connectivity index (χ1v) is 28.2. The molecule has 10 aromatic heterocycles. The van der Waals surface area contributed by atoms with E-state index in [2.05, 4.69) is 182 Å². The van der Waals surface area contributed by atoms with Crippen LogP contribution in [-0.4, -0.2) is 53.2 Å². The third-order valence-electron chi connectivity index (χ3n) is 16.6. The van der Waals surface area contributed by atoms with Crippen LogP contribution in [0.4, 0.5) is 0 Å². The summed E-state index contributed by atoms with van der Waals surface area (Å²) in [6.45, 7) is 0. The number of nitrogens with zero attached hydrogens (tertiary/aromatic N) is 11. The van der Waals surface area contributed by atoms with Gasteiger partial charge in [-0.2, -0.15) is 0 Å². The van der Waals surface area contributed by atoms with Gasteiger partial charge in [0.1, 0.15) is 5.52 Å². The highest BCUT2D eigenvalue weighted by Crippen LogP contribution is 2.54. The normalized spacial score (nSPS) is 12.0. The second kappa shape index (κ2) is 18.3. The van der Waals surface area contributed by atoms with Crippen molar-refractivity contribution < 1.29 is 4.42 Å². The molecule has 0 saturated heterocycles. The molecule has 0 aliphatic carbocycles. The molecule has 0 radical (unpaired) electrons. The van der Waals surface area contributed by atoms with E-state index in [-0.39, 0.29) is 0 Å². The molecule has 18 rings (SSSR count). The highest BCUT2D eigenvalue weighted by Gasteiger charge is 2.38. The van der Waals surface area contributed by atoms with E-state index >= 15 is 0 Å². The van der Waals surface area contributed by atoms with E-state index in [1.165, 1.54) is 0 Å². The van der Waals surface area contributed by atoms with Crippen molar-refractivity contribution in [1.29, 1.82) is 0 Å². The van der Waals surface area contributed by atoms with Gasteiger partial charge in [0.2, 0.25) is 5.89 Å². The Morgan fingerprint density at radius 3 is 1.28 bits per heavy atom. The predicted octanol–water partition coefficient (Wildman–Crippen LogP) is 17.3. The first kappa shape index (κ1) is 46.8. The van der Waals surface area contributed by atoms with Crippen molar-refractivity contribution in [3.05, 3.63) is 262 Å². The molecule has 0 spiro atoms. The van der Waals surface area contributed by atoms with Crippen molar-refractivity contribution in [2.45, 2.75) is 0 Å². The van der Waals surface area contributed by atoms with E-state index < -0.39 is 0 Å². The molecule has 0 N–H and O–H groups in total. The lowest BCUT2D eigenvalue weighted by Crippen LogP contribution is -2.16. The number of aromatic nitrogens is 11. The number of rotatable bonds is 8. The molecule has 10 heterocycles. The Morgan fingerprint density at radius 1 is 0.306 bits per heavy atom. The summed E-state index contributed by atoms with van der Waals surface area (Å²) in [6, 6.07) is 79.7. The zero-order chi connectivity index (χ0) is 55.7. The molecule has 85 heavy (non-hydrogen) atoms. The molecule has 0 fully saturated rings. The number of hydrogen-bond acceptors (Lipinski definition) is 8. The maximum Gasteiger partial charge on any atom is 0.231 e. The van der Waals surface area contributed by atoms with E-state index in [1.54, 1.807) is 0 Å². The Bertz CT molecular complexity index is 5200. The van der Waals surface area contributed by atoms with Crippen LogP contribution in [-0.2, 0) is 0 Å². The van der Waals surface area contributed by atoms with Crippen LogP contribution < -0.4 is 0 Å². The van der Waals surface area contributed by atoms with E-state index in [0.29, 0.717) is 34.1 Å². The average molecular weight is 1090 g/mol. The smallest absolute Gasteiger partial charge is 0.231 e. The molecule has 18 aromatic rings. The quantitative estimate of drug-likeness (QED) is 0.147. The van der Waals surface area contributed by atoms with Crippen LogP contribution in [0.15, 0.2) is 266 Å². The summed E-state index contributed by atoms with van der Waals surface area (Å²) in [5, 5.41) is 4.98. The third-order valence-corrected chi connectivity index (χ3v) is 16.6. The summed E-state index contributed by atoms with van der Waals surface area (Å²) in [6.07, 6.45) is 9.48. The SMILES string of the molecule is c1ccc(-c2cc(-c3c(-n4c5ccccc5c5ccncc54)c(-n4c5ccccc5c5ncccc54)c(-c4nc5ccccc5o4)c(-n4c5ccccc5c5ncccc54)c3-n3c4ccccc4c4ncccc43)nc(-c3ccccc3)n2)cc1. The zero-order valence-electron chi connectivity index (χ0n) is 45.2. The van der Waals surface area contributed by atoms with Crippen LogP contribution >= 0.6 is 0 Å². The third kappa shape index (κ3) is 6.87. The van der Waals surface area contributed by atoms with Crippen LogP contribution in [0.25, 0.3) is 167 Å². The van der Waals surface area contributed by atoms with Crippen molar-refractivity contribution in [2.75, 3.05) is 0 Å². The lowest BCUT2D eigenvalue weighted by Gasteiger charge is -2.30. The minimum atomic E-state index is 0.389. The number of hydrogen-bond donors (Lipinski definition) is 0. The van der Waals surface area contributed by atoms with Crippen molar-refractivity contribution in [3.8, 4) is 68.1 Å². The van der Waals surface area contributed by atoms with Crippen molar-refractivity contribution in [1.82, 2.24) is 53.2 Å². The number of benzene rings is 8. The maximum absolute atomic E-state index is 7.44. The number of pyridine rings is 4. The summed E-state index contributed by atoms with van der Waals surface area (Å²) < 4.78 is 17.0. The van der Waals surface area contributed by atoms with Gasteiger partial charge < -0.3 is 22.7 Å². The van der Waals surface area contributed by atoms with Gasteiger partial charge in [-0.3, -0.25) is 19.9 Å². The van der Waals surface area contributed by atoms with Gasteiger partial charge in [-0.15, -0.1) is 0 Å². The lowest BCUT2D eigenvalue weighted by molar-refractivity contribution is 0.619. The summed E-state index contributed by atoms with van der Waals surface area (Å²) in [5.41, 5.74) is 18.7. The van der Waals surface area contributed by atoms with Gasteiger partial charge in [-0.1, -0.05) is 146 Å². The fourth-order valence-electron chi connectivity index (χ4n) is 13.2. The van der Waals surface area contributed by atoms with Crippen LogP contribution in [0.1, 0.15) is 0 Å². The van der Waals surface area contributed by atoms with Gasteiger partial charge in [0.15, 0.2) is 11.4 Å². The highest BCUT2D eigenvalue weighted by molar-refractivity contribution is 6.17. The first-order valence-electron chi connectivity index (χ1n) is 28.2. The Kier molecular flexibility index (Phi) is 10.1. The topological polar surface area (TPSA) is 123 Å². The van der Waals surface area contributed by atoms with Crippen molar-refractivity contribution in [3.63, 3.8) is 0 Å². The maximum atomic E-state index is 7.44. The fraction of sp³-hybridized carbons (Fsp3) is 0. The van der Waals surface area contributed by atoms with E-state index in [1.807, 2.05) is 97.7 Å². The number of fused-ring (bicyclic) bond motifs is 13. The zero-order valence-corrected chi connectivity index (χ0v) is 45.2. The number of oxazole rings is 1. The molecule has 8 aromatic carbocycles. The van der Waals surface area contributed by atoms with Gasteiger partial charge in [0, 0.05) is 62.8 Å². The lowest BCUT2D eigenvalue weighted by atomic mass is 9.94. The minimum absolute atomic E-state index is 0.389. The monoisotopic (exact) mass is 1090 g/mol. The Labute approximate surface area is 483 Å². The summed E-state index contributed by atoms with van der Waals surface area (Å²) >= 11 is 0. The molecule has 0 amide bonds. The van der Waals surface area contributed by atoms with Gasteiger partial charge in [0.25, 0.3) is 0 Å². The minimum Gasteiger partial charge on any atom is -0.436 e. The molecule has 0 unspecified atom stereocenters. The molecular weight excluding hydrogens is 1050 g/mol. The fourth-order valence-corrected chi connectivity index (χ4v) is 13.2. The molecule has 0 aliphatic heterocycles. The Hall–Kier alpha value is -11.9. The molecule has 12 heteroatoms. The van der Waals surface area contributed by atoms with Gasteiger partial charge in [-0.25, -0.2) is 15.0 Å². The summed E-state index contributed by atoms with van der Waals surface area (Å²) in [4.78, 5) is 37.7. The Balaban J connectivity index is 1.23. The van der Waals surface area contributed by atoms with Crippen molar-refractivity contribution >= 4 is 98.7 Å². The van der Waals surface area contributed by atoms with Crippen LogP contribution in [0.5, 0.6) is 0 Å². The van der Waals surface area contributed by atoms with Gasteiger partial charge in [0.05, 0.1) is 112 Å². The van der Waals surface area contributed by atoms with Crippen molar-refractivity contribution in [2.24, 2.45) is 0 Å². The second-order valence-corrected chi connectivity index (χ2v) is 21.2. The molecule has 0 bridgehead atoms. The summed E-state index contributed by atoms with van der Waals surface area (Å²) in [7, 11) is 0. The van der Waals surface area contributed by atoms with E-state index in [9.17, 15) is 0 Å². The molecule has 0 saturated carbocycles. The molecule has 0 atom stereocenters. The highest BCUT2D eigenvalue weighted by atomic mass is 16.3. The van der Waals surface area contributed by atoms with Gasteiger partial charge in [-0.05, 0) is 84.9 Å². The predicted molar refractivity (Wildman–Crippen MR) is 340 cm³/mol. The first-order chi connectivity index (χ1) is 42.2. The van der Waals surface area contributed by atoms with E-state index in [4.69, 9.17) is 39.3 Å². The second-order valence-electron chi connectivity index (χ2n) is 21.2.